The van der Waals surface area contributed by atoms with Crippen LogP contribution in [0.4, 0.5) is 0 Å². The molecule has 1 fully saturated rings. The summed E-state index contributed by atoms with van der Waals surface area (Å²) in [7, 11) is 3.21. The molecule has 0 bridgehead atoms. The van der Waals surface area contributed by atoms with Gasteiger partial charge >= 0.3 is 5.97 Å². The van der Waals surface area contributed by atoms with Gasteiger partial charge in [0.1, 0.15) is 5.75 Å². The van der Waals surface area contributed by atoms with Crippen LogP contribution in [0.1, 0.15) is 11.1 Å². The van der Waals surface area contributed by atoms with Crippen molar-refractivity contribution in [2.75, 3.05) is 20.8 Å². The van der Waals surface area contributed by atoms with E-state index in [1.165, 1.54) is 0 Å². The largest absolute Gasteiger partial charge is 0.508 e. The van der Waals surface area contributed by atoms with Crippen LogP contribution in [0.25, 0.3) is 0 Å². The van der Waals surface area contributed by atoms with E-state index in [0.29, 0.717) is 24.5 Å². The number of phenols is 1. The number of aromatic hydroxyl groups is 1. The second-order valence-electron chi connectivity index (χ2n) is 6.26. The van der Waals surface area contributed by atoms with Gasteiger partial charge in [-0.25, -0.2) is 0 Å². The molecule has 0 amide bonds. The molecule has 3 rings (SSSR count). The maximum atomic E-state index is 12.2. The molecule has 2 aromatic carbocycles. The molecule has 1 aliphatic heterocycles. The van der Waals surface area contributed by atoms with Crippen molar-refractivity contribution < 1.29 is 24.1 Å². The van der Waals surface area contributed by atoms with Gasteiger partial charge in [-0.2, -0.15) is 0 Å². The van der Waals surface area contributed by atoms with E-state index >= 15 is 0 Å². The van der Waals surface area contributed by atoms with E-state index in [1.54, 1.807) is 26.4 Å². The maximum Gasteiger partial charge on any atom is 0.309 e. The third-order valence-electron chi connectivity index (χ3n) is 4.65. The van der Waals surface area contributed by atoms with Crippen molar-refractivity contribution in [3.63, 3.8) is 0 Å². The minimum Gasteiger partial charge on any atom is -0.508 e. The number of phenolic OH excluding ortho intramolecular Hbond substituents is 1. The average molecular weight is 342 g/mol. The minimum absolute atomic E-state index is 0.111. The number of benzene rings is 2. The molecule has 0 saturated carbocycles. The summed E-state index contributed by atoms with van der Waals surface area (Å²) >= 11 is 0. The molecule has 25 heavy (non-hydrogen) atoms. The fourth-order valence-corrected chi connectivity index (χ4v) is 3.25. The lowest BCUT2D eigenvalue weighted by Crippen LogP contribution is -2.20. The average Bonchev–Trinajstić information content (AvgIpc) is 2.96. The molecule has 1 heterocycles. The Kier molecular flexibility index (Phi) is 5.12. The van der Waals surface area contributed by atoms with Gasteiger partial charge < -0.3 is 19.3 Å². The fourth-order valence-electron chi connectivity index (χ4n) is 3.25. The van der Waals surface area contributed by atoms with Gasteiger partial charge in [-0.3, -0.25) is 4.79 Å². The molecule has 2 aromatic rings. The molecule has 1 unspecified atom stereocenters. The van der Waals surface area contributed by atoms with Crippen LogP contribution >= 0.6 is 0 Å². The summed E-state index contributed by atoms with van der Waals surface area (Å²) in [5.74, 6) is 1.36. The predicted molar refractivity (Wildman–Crippen MR) is 93.0 cm³/mol. The van der Waals surface area contributed by atoms with Crippen LogP contribution in [0.3, 0.4) is 0 Å². The molecule has 2 atom stereocenters. The van der Waals surface area contributed by atoms with Crippen molar-refractivity contribution in [2.45, 2.75) is 12.8 Å². The van der Waals surface area contributed by atoms with Crippen LogP contribution in [0, 0.1) is 11.8 Å². The zero-order valence-corrected chi connectivity index (χ0v) is 14.4. The fraction of sp³-hybridized carbons (Fsp3) is 0.350. The van der Waals surface area contributed by atoms with Gasteiger partial charge in [0, 0.05) is 5.92 Å². The Morgan fingerprint density at radius 3 is 2.36 bits per heavy atom. The minimum atomic E-state index is -0.183. The molecule has 0 radical (unpaired) electrons. The topological polar surface area (TPSA) is 65.0 Å². The van der Waals surface area contributed by atoms with Crippen LogP contribution in [0.2, 0.25) is 0 Å². The van der Waals surface area contributed by atoms with Crippen molar-refractivity contribution in [3.8, 4) is 17.2 Å². The lowest BCUT2D eigenvalue weighted by molar-refractivity contribution is -0.141. The molecular weight excluding hydrogens is 320 g/mol. The van der Waals surface area contributed by atoms with Gasteiger partial charge in [0.2, 0.25) is 0 Å². The first-order valence-electron chi connectivity index (χ1n) is 8.26. The molecule has 5 heteroatoms. The molecule has 1 N–H and O–H groups in total. The number of cyclic esters (lactones) is 1. The molecule has 0 aromatic heterocycles. The highest BCUT2D eigenvalue weighted by Crippen LogP contribution is 2.33. The summed E-state index contributed by atoms with van der Waals surface area (Å²) in [4.78, 5) is 12.2. The number of methoxy groups -OCH3 is 2. The third-order valence-corrected chi connectivity index (χ3v) is 4.65. The SMILES string of the molecule is COc1ccc(CC2COC(=O)[C@@H]2Cc2ccc(O)cc2)cc1OC. The van der Waals surface area contributed by atoms with Crippen molar-refractivity contribution in [3.05, 3.63) is 53.6 Å². The van der Waals surface area contributed by atoms with Gasteiger partial charge in [-0.05, 0) is 48.2 Å². The van der Waals surface area contributed by atoms with Gasteiger partial charge in [-0.1, -0.05) is 18.2 Å². The van der Waals surface area contributed by atoms with Crippen molar-refractivity contribution in [1.82, 2.24) is 0 Å². The molecular formula is C20H22O5. The lowest BCUT2D eigenvalue weighted by Gasteiger charge is -2.16. The number of carbonyl (C=O) groups is 1. The molecule has 0 spiro atoms. The highest BCUT2D eigenvalue weighted by Gasteiger charge is 2.36. The number of carbonyl (C=O) groups excluding carboxylic acids is 1. The van der Waals surface area contributed by atoms with E-state index in [2.05, 4.69) is 0 Å². The summed E-state index contributed by atoms with van der Waals surface area (Å²) in [6.45, 7) is 0.427. The second kappa shape index (κ2) is 7.47. The summed E-state index contributed by atoms with van der Waals surface area (Å²) in [6.07, 6.45) is 1.34. The molecule has 0 aliphatic carbocycles. The van der Waals surface area contributed by atoms with Crippen LogP contribution in [-0.2, 0) is 22.4 Å². The van der Waals surface area contributed by atoms with Gasteiger partial charge in [0.15, 0.2) is 11.5 Å². The summed E-state index contributed by atoms with van der Waals surface area (Å²) in [6, 6.07) is 12.8. The lowest BCUT2D eigenvalue weighted by atomic mass is 9.85. The monoisotopic (exact) mass is 342 g/mol. The predicted octanol–water partition coefficient (Wildman–Crippen LogP) is 2.98. The summed E-state index contributed by atoms with van der Waals surface area (Å²) in [5, 5.41) is 9.39. The third kappa shape index (κ3) is 3.87. The van der Waals surface area contributed by atoms with Gasteiger partial charge in [0.05, 0.1) is 26.7 Å². The highest BCUT2D eigenvalue weighted by atomic mass is 16.5. The van der Waals surface area contributed by atoms with E-state index in [0.717, 1.165) is 17.5 Å². The van der Waals surface area contributed by atoms with E-state index in [9.17, 15) is 9.90 Å². The number of hydrogen-bond donors (Lipinski definition) is 1. The Hall–Kier alpha value is -2.69. The van der Waals surface area contributed by atoms with E-state index in [1.807, 2.05) is 30.3 Å². The second-order valence-corrected chi connectivity index (χ2v) is 6.26. The van der Waals surface area contributed by atoms with Gasteiger partial charge in [0.25, 0.3) is 0 Å². The summed E-state index contributed by atoms with van der Waals surface area (Å²) in [5.41, 5.74) is 2.09. The Labute approximate surface area is 147 Å². The first-order valence-corrected chi connectivity index (χ1v) is 8.26. The Morgan fingerprint density at radius 1 is 1.00 bits per heavy atom. The van der Waals surface area contributed by atoms with E-state index < -0.39 is 0 Å². The smallest absolute Gasteiger partial charge is 0.309 e. The van der Waals surface area contributed by atoms with Gasteiger partial charge in [-0.15, -0.1) is 0 Å². The van der Waals surface area contributed by atoms with Crippen molar-refractivity contribution >= 4 is 5.97 Å². The first-order chi connectivity index (χ1) is 12.1. The Balaban J connectivity index is 1.74. The van der Waals surface area contributed by atoms with Crippen LogP contribution < -0.4 is 9.47 Å². The number of ether oxygens (including phenoxy) is 3. The quantitative estimate of drug-likeness (QED) is 0.818. The van der Waals surface area contributed by atoms with Crippen molar-refractivity contribution in [2.24, 2.45) is 11.8 Å². The molecule has 5 nitrogen and oxygen atoms in total. The number of esters is 1. The first kappa shape index (κ1) is 17.1. The highest BCUT2D eigenvalue weighted by molar-refractivity contribution is 5.75. The zero-order chi connectivity index (χ0) is 17.8. The Morgan fingerprint density at radius 2 is 1.68 bits per heavy atom. The maximum absolute atomic E-state index is 12.2. The Bertz CT molecular complexity index is 738. The van der Waals surface area contributed by atoms with Crippen LogP contribution in [0.5, 0.6) is 17.2 Å². The molecule has 1 aliphatic rings. The standard InChI is InChI=1S/C20H22O5/c1-23-18-8-5-14(11-19(18)24-2)9-15-12-25-20(22)17(15)10-13-3-6-16(21)7-4-13/h3-8,11,15,17,21H,9-10,12H2,1-2H3/t15?,17-/m1/s1. The van der Waals surface area contributed by atoms with Crippen LogP contribution in [-0.4, -0.2) is 31.9 Å². The van der Waals surface area contributed by atoms with E-state index in [4.69, 9.17) is 14.2 Å². The number of rotatable bonds is 6. The zero-order valence-electron chi connectivity index (χ0n) is 14.4. The summed E-state index contributed by atoms with van der Waals surface area (Å²) < 4.78 is 15.9. The molecule has 132 valence electrons. The van der Waals surface area contributed by atoms with E-state index in [-0.39, 0.29) is 23.6 Å². The number of hydrogen-bond acceptors (Lipinski definition) is 5. The molecule has 1 saturated heterocycles. The van der Waals surface area contributed by atoms with Crippen LogP contribution in [0.15, 0.2) is 42.5 Å². The normalized spacial score (nSPS) is 19.5. The van der Waals surface area contributed by atoms with Crippen molar-refractivity contribution in [1.29, 1.82) is 0 Å².